The molecule has 2 aromatic rings. The van der Waals surface area contributed by atoms with Crippen LogP contribution in [0.3, 0.4) is 0 Å². The van der Waals surface area contributed by atoms with Crippen LogP contribution < -0.4 is 10.5 Å². The Morgan fingerprint density at radius 2 is 1.52 bits per heavy atom. The molecule has 0 saturated carbocycles. The van der Waals surface area contributed by atoms with Crippen molar-refractivity contribution in [3.63, 3.8) is 0 Å². The number of alkyl halides is 3. The van der Waals surface area contributed by atoms with Crippen molar-refractivity contribution in [1.82, 2.24) is 0 Å². The van der Waals surface area contributed by atoms with Crippen molar-refractivity contribution in [2.75, 3.05) is 0 Å². The highest BCUT2D eigenvalue weighted by atomic mass is 19.4. The summed E-state index contributed by atoms with van der Waals surface area (Å²) < 4.78 is 40.1. The van der Waals surface area contributed by atoms with Crippen LogP contribution in [0.5, 0.6) is 5.75 Å². The largest absolute Gasteiger partial charge is 0.573 e. The molecule has 4 nitrogen and oxygen atoms in total. The lowest BCUT2D eigenvalue weighted by Crippen LogP contribution is -2.32. The zero-order valence-electron chi connectivity index (χ0n) is 11.9. The summed E-state index contributed by atoms with van der Waals surface area (Å²) >= 11 is 0. The second-order valence-corrected chi connectivity index (χ2v) is 4.92. The molecule has 0 amide bonds. The molecule has 0 spiro atoms. The van der Waals surface area contributed by atoms with Crippen molar-refractivity contribution in [2.24, 2.45) is 5.73 Å². The molecule has 0 bridgehead atoms. The summed E-state index contributed by atoms with van der Waals surface area (Å²) in [5.74, 6) is -1.36. The molecule has 23 heavy (non-hydrogen) atoms. The summed E-state index contributed by atoms with van der Waals surface area (Å²) in [6.07, 6.45) is -4.51. The maximum absolute atomic E-state index is 12.1. The molecule has 122 valence electrons. The smallest absolute Gasteiger partial charge is 0.480 e. The third-order valence-corrected chi connectivity index (χ3v) is 3.15. The van der Waals surface area contributed by atoms with Gasteiger partial charge in [-0.05, 0) is 35.2 Å². The van der Waals surface area contributed by atoms with E-state index in [9.17, 15) is 18.0 Å². The molecule has 2 rings (SSSR count). The van der Waals surface area contributed by atoms with E-state index in [2.05, 4.69) is 4.74 Å². The summed E-state index contributed by atoms with van der Waals surface area (Å²) in [5, 5.41) is 8.77. The Bertz CT molecular complexity index is 666. The highest BCUT2D eigenvalue weighted by Crippen LogP contribution is 2.26. The van der Waals surface area contributed by atoms with Gasteiger partial charge in [0.25, 0.3) is 0 Å². The van der Waals surface area contributed by atoms with Gasteiger partial charge in [-0.2, -0.15) is 0 Å². The van der Waals surface area contributed by atoms with Crippen LogP contribution in [0.25, 0.3) is 11.1 Å². The van der Waals surface area contributed by atoms with E-state index in [1.807, 2.05) is 0 Å². The van der Waals surface area contributed by atoms with Crippen LogP contribution in [0, 0.1) is 0 Å². The van der Waals surface area contributed by atoms with Gasteiger partial charge < -0.3 is 15.6 Å². The number of halogens is 3. The summed E-state index contributed by atoms with van der Waals surface area (Å²) in [5.41, 5.74) is 7.73. The number of hydrogen-bond donors (Lipinski definition) is 2. The van der Waals surface area contributed by atoms with Crippen molar-refractivity contribution in [3.05, 3.63) is 54.1 Å². The molecule has 0 aromatic heterocycles. The Kier molecular flexibility index (Phi) is 4.90. The molecule has 7 heteroatoms. The van der Waals surface area contributed by atoms with E-state index in [1.165, 1.54) is 24.3 Å². The van der Waals surface area contributed by atoms with Gasteiger partial charge in [0.15, 0.2) is 0 Å². The molecule has 1 atom stereocenters. The topological polar surface area (TPSA) is 72.5 Å². The minimum Gasteiger partial charge on any atom is -0.480 e. The number of nitrogens with two attached hydrogens (primary N) is 1. The fourth-order valence-electron chi connectivity index (χ4n) is 2.02. The van der Waals surface area contributed by atoms with Crippen LogP contribution in [0.4, 0.5) is 13.2 Å². The number of rotatable bonds is 5. The van der Waals surface area contributed by atoms with E-state index >= 15 is 0 Å². The Hall–Kier alpha value is -2.54. The van der Waals surface area contributed by atoms with Gasteiger partial charge in [0.1, 0.15) is 11.8 Å². The van der Waals surface area contributed by atoms with Gasteiger partial charge in [0.05, 0.1) is 0 Å². The molecule has 0 radical (unpaired) electrons. The third kappa shape index (κ3) is 5.00. The van der Waals surface area contributed by atoms with Gasteiger partial charge >= 0.3 is 12.3 Å². The Balaban J connectivity index is 2.09. The molecule has 2 aromatic carbocycles. The molecule has 0 aliphatic carbocycles. The Morgan fingerprint density at radius 3 is 1.96 bits per heavy atom. The fraction of sp³-hybridized carbons (Fsp3) is 0.188. The number of aliphatic carboxylic acids is 1. The van der Waals surface area contributed by atoms with E-state index in [-0.39, 0.29) is 12.2 Å². The first kappa shape index (κ1) is 16.8. The standard InChI is InChI=1S/C16H14F3NO3/c17-16(18,19)23-13-7-5-12(6-8-13)11-3-1-10(2-4-11)9-14(20)15(21)22/h1-8,14H,9,20H2,(H,21,22)/t14-/m0/s1. The molecule has 0 fully saturated rings. The van der Waals surface area contributed by atoms with Crippen LogP contribution in [-0.4, -0.2) is 23.5 Å². The highest BCUT2D eigenvalue weighted by Gasteiger charge is 2.30. The lowest BCUT2D eigenvalue weighted by atomic mass is 10.0. The Labute approximate surface area is 130 Å². The summed E-state index contributed by atoms with van der Waals surface area (Å²) in [7, 11) is 0. The first-order valence-corrected chi connectivity index (χ1v) is 6.68. The van der Waals surface area contributed by atoms with Gasteiger partial charge in [-0.3, -0.25) is 4.79 Å². The van der Waals surface area contributed by atoms with Gasteiger partial charge in [-0.25, -0.2) is 0 Å². The number of hydrogen-bond acceptors (Lipinski definition) is 3. The van der Waals surface area contributed by atoms with E-state index in [0.29, 0.717) is 5.56 Å². The first-order valence-electron chi connectivity index (χ1n) is 6.68. The van der Waals surface area contributed by atoms with E-state index < -0.39 is 18.4 Å². The van der Waals surface area contributed by atoms with Gasteiger partial charge in [0.2, 0.25) is 0 Å². The van der Waals surface area contributed by atoms with Crippen LogP contribution in [0.1, 0.15) is 5.56 Å². The van der Waals surface area contributed by atoms with E-state index in [0.717, 1.165) is 11.1 Å². The summed E-state index contributed by atoms with van der Waals surface area (Å²) in [6.45, 7) is 0. The average molecular weight is 325 g/mol. The minimum atomic E-state index is -4.72. The molecular formula is C16H14F3NO3. The maximum atomic E-state index is 12.1. The van der Waals surface area contributed by atoms with Crippen LogP contribution in [0.2, 0.25) is 0 Å². The van der Waals surface area contributed by atoms with Crippen LogP contribution in [-0.2, 0) is 11.2 Å². The predicted octanol–water partition coefficient (Wildman–Crippen LogP) is 3.21. The van der Waals surface area contributed by atoms with Gasteiger partial charge in [0, 0.05) is 0 Å². The van der Waals surface area contributed by atoms with E-state index in [4.69, 9.17) is 10.8 Å². The zero-order valence-corrected chi connectivity index (χ0v) is 11.9. The summed E-state index contributed by atoms with van der Waals surface area (Å²) in [6, 6.07) is 11.5. The quantitative estimate of drug-likeness (QED) is 0.885. The second kappa shape index (κ2) is 6.70. The number of benzene rings is 2. The summed E-state index contributed by atoms with van der Waals surface area (Å²) in [4.78, 5) is 10.7. The monoisotopic (exact) mass is 325 g/mol. The fourth-order valence-corrected chi connectivity index (χ4v) is 2.02. The second-order valence-electron chi connectivity index (χ2n) is 4.92. The van der Waals surface area contributed by atoms with E-state index in [1.54, 1.807) is 24.3 Å². The zero-order chi connectivity index (χ0) is 17.0. The molecule has 0 aliphatic rings. The van der Waals surface area contributed by atoms with Crippen molar-refractivity contribution in [1.29, 1.82) is 0 Å². The van der Waals surface area contributed by atoms with Crippen LogP contribution in [0.15, 0.2) is 48.5 Å². The number of carboxylic acids is 1. The van der Waals surface area contributed by atoms with Crippen molar-refractivity contribution in [2.45, 2.75) is 18.8 Å². The van der Waals surface area contributed by atoms with Crippen molar-refractivity contribution >= 4 is 5.97 Å². The first-order chi connectivity index (χ1) is 10.7. The molecular weight excluding hydrogens is 311 g/mol. The SMILES string of the molecule is N[C@@H](Cc1ccc(-c2ccc(OC(F)(F)F)cc2)cc1)C(=O)O. The van der Waals surface area contributed by atoms with Crippen LogP contribution >= 0.6 is 0 Å². The number of carboxylic acid groups (broad SMARTS) is 1. The van der Waals surface area contributed by atoms with Gasteiger partial charge in [-0.1, -0.05) is 36.4 Å². The molecule has 0 aliphatic heterocycles. The maximum Gasteiger partial charge on any atom is 0.573 e. The lowest BCUT2D eigenvalue weighted by Gasteiger charge is -2.10. The normalized spacial score (nSPS) is 12.7. The predicted molar refractivity (Wildman–Crippen MR) is 77.9 cm³/mol. The number of ether oxygens (including phenoxy) is 1. The lowest BCUT2D eigenvalue weighted by molar-refractivity contribution is -0.274. The third-order valence-electron chi connectivity index (χ3n) is 3.15. The number of carbonyl (C=O) groups is 1. The van der Waals surface area contributed by atoms with Crippen molar-refractivity contribution in [3.8, 4) is 16.9 Å². The van der Waals surface area contributed by atoms with Crippen molar-refractivity contribution < 1.29 is 27.8 Å². The highest BCUT2D eigenvalue weighted by molar-refractivity contribution is 5.73. The molecule has 0 saturated heterocycles. The average Bonchev–Trinajstić information content (AvgIpc) is 2.47. The Morgan fingerprint density at radius 1 is 1.04 bits per heavy atom. The van der Waals surface area contributed by atoms with Gasteiger partial charge in [-0.15, -0.1) is 13.2 Å². The minimum absolute atomic E-state index is 0.202. The molecule has 3 N–H and O–H groups in total. The molecule has 0 heterocycles. The molecule has 0 unspecified atom stereocenters.